The van der Waals surface area contributed by atoms with Crippen LogP contribution >= 0.6 is 0 Å². The molecular formula is C21H21F3N4O4. The molecule has 2 aliphatic rings. The minimum atomic E-state index is -4.56. The Kier molecular flexibility index (Phi) is 6.06. The fourth-order valence-corrected chi connectivity index (χ4v) is 3.77. The lowest BCUT2D eigenvalue weighted by molar-refractivity contribution is -0.137. The average molecular weight is 450 g/mol. The van der Waals surface area contributed by atoms with Crippen LogP contribution in [0.2, 0.25) is 0 Å². The molecule has 2 heterocycles. The van der Waals surface area contributed by atoms with Crippen molar-refractivity contribution in [1.82, 2.24) is 15.1 Å². The van der Waals surface area contributed by atoms with E-state index >= 15 is 0 Å². The number of aromatic nitrogens is 2. The number of likely N-dealkylation sites (tertiary alicyclic amines) is 1. The maximum Gasteiger partial charge on any atom is 0.416 e. The van der Waals surface area contributed by atoms with Crippen molar-refractivity contribution in [1.29, 1.82) is 5.26 Å². The van der Waals surface area contributed by atoms with Gasteiger partial charge in [0.1, 0.15) is 5.75 Å². The molecule has 170 valence electrons. The lowest BCUT2D eigenvalue weighted by atomic mass is 9.99. The molecule has 0 radical (unpaired) electrons. The normalized spacial score (nSPS) is 20.9. The van der Waals surface area contributed by atoms with Gasteiger partial charge in [0.05, 0.1) is 29.9 Å². The third-order valence-corrected chi connectivity index (χ3v) is 5.48. The van der Waals surface area contributed by atoms with Crippen LogP contribution in [0.5, 0.6) is 5.75 Å². The second-order valence-corrected chi connectivity index (χ2v) is 8.03. The molecular weight excluding hydrogens is 429 g/mol. The SMILES string of the molecule is COC[C@H]1C[C@@H](CC(=O)c2nnc(-c3cc(C(F)(F)F)ccc3OC3CC3)o2)CN1C#N. The van der Waals surface area contributed by atoms with Gasteiger partial charge in [0.25, 0.3) is 11.8 Å². The van der Waals surface area contributed by atoms with E-state index in [1.54, 1.807) is 12.0 Å². The average Bonchev–Trinajstić information content (AvgIpc) is 3.27. The molecule has 4 rings (SSSR count). The number of ketones is 1. The van der Waals surface area contributed by atoms with Gasteiger partial charge >= 0.3 is 6.18 Å². The predicted molar refractivity (Wildman–Crippen MR) is 103 cm³/mol. The summed E-state index contributed by atoms with van der Waals surface area (Å²) >= 11 is 0. The summed E-state index contributed by atoms with van der Waals surface area (Å²) in [5.74, 6) is -0.821. The number of Topliss-reactive ketones (excluding diaryl/α,β-unsaturated/α-hetero) is 1. The van der Waals surface area contributed by atoms with Crippen LogP contribution < -0.4 is 4.74 Å². The van der Waals surface area contributed by atoms with E-state index in [0.29, 0.717) is 19.6 Å². The van der Waals surface area contributed by atoms with E-state index in [9.17, 15) is 23.2 Å². The van der Waals surface area contributed by atoms with E-state index in [2.05, 4.69) is 16.4 Å². The summed E-state index contributed by atoms with van der Waals surface area (Å²) in [6, 6.07) is 2.94. The summed E-state index contributed by atoms with van der Waals surface area (Å²) < 4.78 is 55.9. The van der Waals surface area contributed by atoms with Crippen molar-refractivity contribution in [2.45, 2.75) is 44.0 Å². The van der Waals surface area contributed by atoms with Crippen LogP contribution in [0.15, 0.2) is 22.6 Å². The maximum absolute atomic E-state index is 13.2. The number of ether oxygens (including phenoxy) is 2. The Morgan fingerprint density at radius 1 is 1.34 bits per heavy atom. The van der Waals surface area contributed by atoms with Gasteiger partial charge in [-0.05, 0) is 43.4 Å². The van der Waals surface area contributed by atoms with Crippen LogP contribution in [0.25, 0.3) is 11.5 Å². The van der Waals surface area contributed by atoms with Crippen LogP contribution in [-0.2, 0) is 10.9 Å². The number of halogens is 3. The third kappa shape index (κ3) is 4.85. The van der Waals surface area contributed by atoms with Crippen LogP contribution in [0, 0.1) is 17.4 Å². The molecule has 1 aromatic carbocycles. The second-order valence-electron chi connectivity index (χ2n) is 8.03. The maximum atomic E-state index is 13.2. The minimum absolute atomic E-state index is 0.00467. The Morgan fingerprint density at radius 3 is 2.78 bits per heavy atom. The standard InChI is InChI=1S/C21H21F3N4O4/c1-30-10-14-6-12(9-28(14)11-25)7-17(29)20-27-26-19(32-20)16-8-13(21(22,23)24)2-5-18(16)31-15-3-4-15/h2,5,8,12,14-15H,3-4,6-7,9-10H2,1H3/t12-,14+/m0/s1. The van der Waals surface area contributed by atoms with Crippen molar-refractivity contribution in [3.63, 3.8) is 0 Å². The molecule has 2 fully saturated rings. The zero-order valence-corrected chi connectivity index (χ0v) is 17.3. The van der Waals surface area contributed by atoms with E-state index in [-0.39, 0.29) is 47.6 Å². The first kappa shape index (κ1) is 22.1. The Bertz CT molecular complexity index is 1030. The highest BCUT2D eigenvalue weighted by Crippen LogP contribution is 2.39. The van der Waals surface area contributed by atoms with Gasteiger partial charge < -0.3 is 18.8 Å². The third-order valence-electron chi connectivity index (χ3n) is 5.48. The van der Waals surface area contributed by atoms with Crippen molar-refractivity contribution in [3.05, 3.63) is 29.7 Å². The zero-order chi connectivity index (χ0) is 22.9. The summed E-state index contributed by atoms with van der Waals surface area (Å²) in [4.78, 5) is 14.2. The highest BCUT2D eigenvalue weighted by atomic mass is 19.4. The lowest BCUT2D eigenvalue weighted by Gasteiger charge is -2.16. The van der Waals surface area contributed by atoms with Gasteiger partial charge in [-0.15, -0.1) is 10.2 Å². The summed E-state index contributed by atoms with van der Waals surface area (Å²) in [6.45, 7) is 0.784. The molecule has 2 atom stereocenters. The van der Waals surface area contributed by atoms with Crippen LogP contribution in [-0.4, -0.2) is 53.3 Å². The molecule has 1 aliphatic carbocycles. The molecule has 1 saturated carbocycles. The number of rotatable bonds is 8. The van der Waals surface area contributed by atoms with Gasteiger partial charge in [-0.3, -0.25) is 4.79 Å². The summed E-state index contributed by atoms with van der Waals surface area (Å²) in [6.07, 6.45) is -0.202. The quantitative estimate of drug-likeness (QED) is 0.443. The molecule has 2 aromatic rings. The molecule has 1 aliphatic heterocycles. The van der Waals surface area contributed by atoms with Crippen LogP contribution in [0.3, 0.4) is 0 Å². The summed E-state index contributed by atoms with van der Waals surface area (Å²) in [5.41, 5.74) is -0.886. The monoisotopic (exact) mass is 450 g/mol. The van der Waals surface area contributed by atoms with E-state index in [0.717, 1.165) is 25.0 Å². The smallest absolute Gasteiger partial charge is 0.416 e. The number of carbonyl (C=O) groups excluding carboxylic acids is 1. The second kappa shape index (κ2) is 8.78. The number of nitrogens with zero attached hydrogens (tertiary/aromatic N) is 4. The van der Waals surface area contributed by atoms with Gasteiger partial charge in [-0.25, -0.2) is 0 Å². The predicted octanol–water partition coefficient (Wildman–Crippen LogP) is 3.69. The fraction of sp³-hybridized carbons (Fsp3) is 0.524. The molecule has 1 saturated heterocycles. The molecule has 0 bridgehead atoms. The first-order valence-electron chi connectivity index (χ1n) is 10.2. The van der Waals surface area contributed by atoms with Gasteiger partial charge in [-0.1, -0.05) is 0 Å². The van der Waals surface area contributed by atoms with E-state index in [1.165, 1.54) is 6.07 Å². The highest BCUT2D eigenvalue weighted by Gasteiger charge is 2.35. The summed E-state index contributed by atoms with van der Waals surface area (Å²) in [7, 11) is 1.54. The Hall–Kier alpha value is -3.13. The molecule has 0 unspecified atom stereocenters. The number of hydrogen-bond acceptors (Lipinski definition) is 8. The van der Waals surface area contributed by atoms with E-state index < -0.39 is 17.5 Å². The van der Waals surface area contributed by atoms with Crippen LogP contribution in [0.4, 0.5) is 13.2 Å². The number of nitriles is 1. The van der Waals surface area contributed by atoms with E-state index in [4.69, 9.17) is 13.9 Å². The molecule has 0 N–H and O–H groups in total. The molecule has 0 amide bonds. The molecule has 11 heteroatoms. The highest BCUT2D eigenvalue weighted by molar-refractivity contribution is 5.92. The molecule has 1 aromatic heterocycles. The first-order chi connectivity index (χ1) is 15.3. The first-order valence-corrected chi connectivity index (χ1v) is 10.2. The number of alkyl halides is 3. The Balaban J connectivity index is 1.52. The van der Waals surface area contributed by atoms with Crippen LogP contribution in [0.1, 0.15) is 41.9 Å². The van der Waals surface area contributed by atoms with E-state index in [1.807, 2.05) is 0 Å². The molecule has 0 spiro atoms. The topological polar surface area (TPSA) is 101 Å². The van der Waals surface area contributed by atoms with Gasteiger partial charge in [-0.2, -0.15) is 18.4 Å². The number of carbonyl (C=O) groups is 1. The number of benzene rings is 1. The molecule has 32 heavy (non-hydrogen) atoms. The Morgan fingerprint density at radius 2 is 2.12 bits per heavy atom. The van der Waals surface area contributed by atoms with Gasteiger partial charge in [0.2, 0.25) is 5.78 Å². The lowest BCUT2D eigenvalue weighted by Crippen LogP contribution is -2.28. The van der Waals surface area contributed by atoms with Crippen molar-refractivity contribution in [2.75, 3.05) is 20.3 Å². The van der Waals surface area contributed by atoms with Gasteiger partial charge in [0.15, 0.2) is 6.19 Å². The minimum Gasteiger partial charge on any atom is -0.490 e. The van der Waals surface area contributed by atoms with Crippen molar-refractivity contribution in [3.8, 4) is 23.4 Å². The summed E-state index contributed by atoms with van der Waals surface area (Å²) in [5, 5.41) is 16.8. The Labute approximate surface area is 181 Å². The number of methoxy groups -OCH3 is 1. The fourth-order valence-electron chi connectivity index (χ4n) is 3.77. The van der Waals surface area contributed by atoms with Crippen molar-refractivity contribution >= 4 is 5.78 Å². The van der Waals surface area contributed by atoms with Crippen molar-refractivity contribution < 1.29 is 31.9 Å². The zero-order valence-electron chi connectivity index (χ0n) is 17.3. The number of hydrogen-bond donors (Lipinski definition) is 0. The van der Waals surface area contributed by atoms with Crippen molar-refractivity contribution in [2.24, 2.45) is 5.92 Å². The molecule has 8 nitrogen and oxygen atoms in total. The largest absolute Gasteiger partial charge is 0.490 e. The van der Waals surface area contributed by atoms with Gasteiger partial charge in [0, 0.05) is 20.1 Å².